The normalized spacial score (nSPS) is 28.8. The fraction of sp³-hybridized carbons (Fsp3) is 0.647. The molecule has 3 rings (SSSR count). The lowest BCUT2D eigenvalue weighted by molar-refractivity contribution is -0.174. The van der Waals surface area contributed by atoms with Gasteiger partial charge in [0, 0.05) is 29.7 Å². The summed E-state index contributed by atoms with van der Waals surface area (Å²) in [4.78, 5) is 0. The van der Waals surface area contributed by atoms with Crippen LogP contribution in [0.5, 0.6) is 0 Å². The number of hydrogen-bond donors (Lipinski definition) is 1. The highest BCUT2D eigenvalue weighted by Crippen LogP contribution is 2.57. The second-order valence-corrected chi connectivity index (χ2v) is 6.23. The summed E-state index contributed by atoms with van der Waals surface area (Å²) in [6.07, 6.45) is 5.27. The maximum Gasteiger partial charge on any atom is 0.127 e. The van der Waals surface area contributed by atoms with Crippen molar-refractivity contribution in [1.29, 1.82) is 0 Å². The molecule has 0 saturated heterocycles. The van der Waals surface area contributed by atoms with Gasteiger partial charge in [0.1, 0.15) is 5.82 Å². The largest absolute Gasteiger partial charge is 0.378 e. The molecule has 0 aliphatic heterocycles. The highest BCUT2D eigenvalue weighted by atomic mass is 19.1. The lowest BCUT2D eigenvalue weighted by Crippen LogP contribution is -2.67. The van der Waals surface area contributed by atoms with Gasteiger partial charge in [-0.05, 0) is 39.2 Å². The molecule has 2 unspecified atom stereocenters. The third-order valence-electron chi connectivity index (χ3n) is 5.26. The van der Waals surface area contributed by atoms with Crippen LogP contribution in [0.25, 0.3) is 0 Å². The van der Waals surface area contributed by atoms with Gasteiger partial charge in [-0.15, -0.1) is 0 Å². The molecule has 1 aromatic rings. The van der Waals surface area contributed by atoms with E-state index in [0.29, 0.717) is 17.6 Å². The van der Waals surface area contributed by atoms with Crippen LogP contribution >= 0.6 is 0 Å². The Morgan fingerprint density at radius 3 is 2.75 bits per heavy atom. The van der Waals surface area contributed by atoms with Crippen LogP contribution in [0.3, 0.4) is 0 Å². The summed E-state index contributed by atoms with van der Waals surface area (Å²) in [5, 5.41) is 3.63. The Hall–Kier alpha value is -0.930. The van der Waals surface area contributed by atoms with Gasteiger partial charge in [0.2, 0.25) is 0 Å². The van der Waals surface area contributed by atoms with Crippen LogP contribution in [0, 0.1) is 11.2 Å². The first-order chi connectivity index (χ1) is 9.67. The highest BCUT2D eigenvalue weighted by molar-refractivity contribution is 5.22. The van der Waals surface area contributed by atoms with Crippen LogP contribution < -0.4 is 5.32 Å². The standard InChI is InChI=1S/C17H24FNO/c1-3-20-16-11-15(17(16)9-6-10-17)19-12(2)13-7-4-5-8-14(13)18/h4-5,7-8,12,15-16,19H,3,6,9-11H2,1-2H3/t12-,15?,16?/m1/s1. The molecule has 2 aliphatic rings. The van der Waals surface area contributed by atoms with Gasteiger partial charge in [-0.1, -0.05) is 24.6 Å². The zero-order valence-electron chi connectivity index (χ0n) is 12.4. The predicted octanol–water partition coefficient (Wildman–Crippen LogP) is 3.82. The van der Waals surface area contributed by atoms with Crippen LogP contribution in [0.15, 0.2) is 24.3 Å². The van der Waals surface area contributed by atoms with E-state index >= 15 is 0 Å². The first-order valence-corrected chi connectivity index (χ1v) is 7.79. The van der Waals surface area contributed by atoms with E-state index < -0.39 is 0 Å². The third kappa shape index (κ3) is 2.17. The molecule has 2 aliphatic carbocycles. The Morgan fingerprint density at radius 2 is 2.15 bits per heavy atom. The number of halogens is 1. The molecular formula is C17H24FNO. The Kier molecular flexibility index (Phi) is 3.83. The fourth-order valence-electron chi connectivity index (χ4n) is 3.89. The zero-order chi connectivity index (χ0) is 14.2. The number of benzene rings is 1. The van der Waals surface area contributed by atoms with Crippen molar-refractivity contribution in [3.63, 3.8) is 0 Å². The minimum absolute atomic E-state index is 0.0567. The van der Waals surface area contributed by atoms with Crippen molar-refractivity contribution in [2.24, 2.45) is 5.41 Å². The van der Waals surface area contributed by atoms with E-state index in [4.69, 9.17) is 4.74 Å². The van der Waals surface area contributed by atoms with Crippen LogP contribution in [0.2, 0.25) is 0 Å². The average molecular weight is 277 g/mol. The number of ether oxygens (including phenoxy) is 1. The molecule has 110 valence electrons. The van der Waals surface area contributed by atoms with Crippen molar-refractivity contribution in [1.82, 2.24) is 5.32 Å². The molecule has 3 heteroatoms. The molecule has 0 aromatic heterocycles. The molecule has 1 N–H and O–H groups in total. The lowest BCUT2D eigenvalue weighted by Gasteiger charge is -2.61. The first-order valence-electron chi connectivity index (χ1n) is 7.79. The highest BCUT2D eigenvalue weighted by Gasteiger charge is 2.58. The zero-order valence-corrected chi connectivity index (χ0v) is 12.4. The van der Waals surface area contributed by atoms with Crippen LogP contribution in [0.4, 0.5) is 4.39 Å². The van der Waals surface area contributed by atoms with E-state index in [1.807, 2.05) is 12.1 Å². The molecule has 20 heavy (non-hydrogen) atoms. The minimum Gasteiger partial charge on any atom is -0.378 e. The molecule has 0 bridgehead atoms. The maximum absolute atomic E-state index is 13.8. The van der Waals surface area contributed by atoms with Gasteiger partial charge >= 0.3 is 0 Å². The second kappa shape index (κ2) is 5.45. The number of hydrogen-bond acceptors (Lipinski definition) is 2. The Morgan fingerprint density at radius 1 is 1.40 bits per heavy atom. The van der Waals surface area contributed by atoms with E-state index in [1.54, 1.807) is 6.07 Å². The molecule has 1 spiro atoms. The van der Waals surface area contributed by atoms with Gasteiger partial charge in [0.15, 0.2) is 0 Å². The fourth-order valence-corrected chi connectivity index (χ4v) is 3.89. The van der Waals surface area contributed by atoms with E-state index in [0.717, 1.165) is 18.6 Å². The van der Waals surface area contributed by atoms with E-state index in [2.05, 4.69) is 19.2 Å². The average Bonchev–Trinajstić information content (AvgIpc) is 2.35. The number of nitrogens with one attached hydrogen (secondary N) is 1. The molecule has 0 heterocycles. The Balaban J connectivity index is 1.66. The molecule has 3 atom stereocenters. The SMILES string of the molecule is CCOC1CC(N[C@H](C)c2ccccc2F)C12CCC2. The minimum atomic E-state index is -0.115. The molecular weight excluding hydrogens is 253 g/mol. The molecule has 0 amide bonds. The quantitative estimate of drug-likeness (QED) is 0.883. The van der Waals surface area contributed by atoms with Gasteiger partial charge < -0.3 is 10.1 Å². The molecule has 0 radical (unpaired) electrons. The molecule has 2 nitrogen and oxygen atoms in total. The van der Waals surface area contributed by atoms with Gasteiger partial charge in [-0.3, -0.25) is 0 Å². The smallest absolute Gasteiger partial charge is 0.127 e. The van der Waals surface area contributed by atoms with Crippen LogP contribution in [0.1, 0.15) is 51.1 Å². The molecule has 2 fully saturated rings. The van der Waals surface area contributed by atoms with Crippen molar-refractivity contribution in [2.45, 2.75) is 57.7 Å². The van der Waals surface area contributed by atoms with Gasteiger partial charge in [-0.25, -0.2) is 4.39 Å². The van der Waals surface area contributed by atoms with Gasteiger partial charge in [0.25, 0.3) is 0 Å². The topological polar surface area (TPSA) is 21.3 Å². The maximum atomic E-state index is 13.8. The summed E-state index contributed by atoms with van der Waals surface area (Å²) in [7, 11) is 0. The van der Waals surface area contributed by atoms with E-state index in [-0.39, 0.29) is 11.9 Å². The van der Waals surface area contributed by atoms with Crippen LogP contribution in [-0.4, -0.2) is 18.8 Å². The van der Waals surface area contributed by atoms with Crippen molar-refractivity contribution < 1.29 is 9.13 Å². The summed E-state index contributed by atoms with van der Waals surface area (Å²) < 4.78 is 19.7. The van der Waals surface area contributed by atoms with Crippen LogP contribution in [-0.2, 0) is 4.74 Å². The molecule has 1 aromatic carbocycles. The summed E-state index contributed by atoms with van der Waals surface area (Å²) >= 11 is 0. The Labute approximate surface area is 120 Å². The first kappa shape index (κ1) is 14.0. The van der Waals surface area contributed by atoms with Gasteiger partial charge in [0.05, 0.1) is 6.10 Å². The Bertz CT molecular complexity index is 472. The van der Waals surface area contributed by atoms with Gasteiger partial charge in [-0.2, -0.15) is 0 Å². The summed E-state index contributed by atoms with van der Waals surface area (Å²) in [5.74, 6) is -0.115. The third-order valence-corrected chi connectivity index (χ3v) is 5.26. The van der Waals surface area contributed by atoms with Crippen molar-refractivity contribution in [2.75, 3.05) is 6.61 Å². The van der Waals surface area contributed by atoms with Crippen molar-refractivity contribution >= 4 is 0 Å². The van der Waals surface area contributed by atoms with E-state index in [9.17, 15) is 4.39 Å². The van der Waals surface area contributed by atoms with E-state index in [1.165, 1.54) is 25.3 Å². The summed E-state index contributed by atoms with van der Waals surface area (Å²) in [6, 6.07) is 7.59. The number of rotatable bonds is 5. The van der Waals surface area contributed by atoms with Crippen molar-refractivity contribution in [3.8, 4) is 0 Å². The van der Waals surface area contributed by atoms with Crippen molar-refractivity contribution in [3.05, 3.63) is 35.6 Å². The second-order valence-electron chi connectivity index (χ2n) is 6.23. The monoisotopic (exact) mass is 277 g/mol. The predicted molar refractivity (Wildman–Crippen MR) is 78.1 cm³/mol. The lowest BCUT2D eigenvalue weighted by atomic mass is 9.51. The molecule has 2 saturated carbocycles. The summed E-state index contributed by atoms with van der Waals surface area (Å²) in [5.41, 5.74) is 1.09. The summed E-state index contributed by atoms with van der Waals surface area (Å²) in [6.45, 7) is 4.91.